The molecule has 0 heterocycles. The van der Waals surface area contributed by atoms with Crippen LogP contribution < -0.4 is 10.2 Å². The highest BCUT2D eigenvalue weighted by atomic mass is 19.4. The third kappa shape index (κ3) is 5.70. The molecule has 0 aliphatic heterocycles. The van der Waals surface area contributed by atoms with Crippen molar-refractivity contribution >= 4 is 5.69 Å². The highest BCUT2D eigenvalue weighted by molar-refractivity contribution is 5.59. The van der Waals surface area contributed by atoms with Crippen molar-refractivity contribution < 1.29 is 13.2 Å². The Kier molecular flexibility index (Phi) is 7.29. The van der Waals surface area contributed by atoms with Crippen molar-refractivity contribution in [2.24, 2.45) is 5.92 Å². The minimum atomic E-state index is -4.46. The fourth-order valence-electron chi connectivity index (χ4n) is 5.36. The molecule has 1 fully saturated rings. The second-order valence-electron chi connectivity index (χ2n) is 9.42. The Bertz CT molecular complexity index is 1020. The van der Waals surface area contributed by atoms with Crippen LogP contribution in [-0.4, -0.2) is 13.1 Å². The minimum Gasteiger partial charge on any atom is -0.371 e. The molecule has 0 saturated heterocycles. The molecule has 0 aromatic heterocycles. The molecule has 2 aromatic carbocycles. The van der Waals surface area contributed by atoms with Gasteiger partial charge in [-0.2, -0.15) is 18.4 Å². The summed E-state index contributed by atoms with van der Waals surface area (Å²) >= 11 is 0. The minimum absolute atomic E-state index is 0.0357. The number of hydrogen-bond donors (Lipinski definition) is 1. The predicted octanol–water partition coefficient (Wildman–Crippen LogP) is 6.37. The van der Waals surface area contributed by atoms with Crippen LogP contribution >= 0.6 is 0 Å². The average molecular weight is 456 g/mol. The summed E-state index contributed by atoms with van der Waals surface area (Å²) < 4.78 is 39.6. The number of aryl methyl sites for hydroxylation is 2. The van der Waals surface area contributed by atoms with E-state index in [2.05, 4.69) is 29.3 Å². The van der Waals surface area contributed by atoms with Crippen molar-refractivity contribution in [1.82, 2.24) is 5.32 Å². The lowest BCUT2D eigenvalue weighted by Crippen LogP contribution is -2.30. The van der Waals surface area contributed by atoms with Crippen LogP contribution in [0.1, 0.15) is 72.4 Å². The first kappa shape index (κ1) is 23.6. The van der Waals surface area contributed by atoms with Crippen molar-refractivity contribution in [2.45, 2.75) is 71.1 Å². The molecule has 33 heavy (non-hydrogen) atoms. The van der Waals surface area contributed by atoms with E-state index in [0.717, 1.165) is 44.0 Å². The number of fused-ring (bicyclic) bond motifs is 1. The molecule has 0 amide bonds. The van der Waals surface area contributed by atoms with Gasteiger partial charge in [-0.05, 0) is 91.5 Å². The number of benzene rings is 2. The van der Waals surface area contributed by atoms with E-state index < -0.39 is 11.7 Å². The van der Waals surface area contributed by atoms with E-state index in [4.69, 9.17) is 5.26 Å². The van der Waals surface area contributed by atoms with Gasteiger partial charge in [0.2, 0.25) is 0 Å². The molecular weight excluding hydrogens is 423 g/mol. The van der Waals surface area contributed by atoms with Crippen LogP contribution in [0.3, 0.4) is 0 Å². The van der Waals surface area contributed by atoms with Crippen LogP contribution in [0.25, 0.3) is 0 Å². The first-order valence-corrected chi connectivity index (χ1v) is 12.1. The number of halogens is 3. The van der Waals surface area contributed by atoms with Crippen LogP contribution in [0.4, 0.5) is 18.9 Å². The quantitative estimate of drug-likeness (QED) is 0.503. The largest absolute Gasteiger partial charge is 0.416 e. The normalized spacial score (nSPS) is 16.1. The van der Waals surface area contributed by atoms with Crippen molar-refractivity contribution in [1.29, 1.82) is 5.26 Å². The van der Waals surface area contributed by atoms with Crippen molar-refractivity contribution in [2.75, 3.05) is 18.0 Å². The summed E-state index contributed by atoms with van der Waals surface area (Å²) in [4.78, 5) is 2.49. The van der Waals surface area contributed by atoms with Crippen LogP contribution in [0.15, 0.2) is 30.3 Å². The van der Waals surface area contributed by atoms with Crippen LogP contribution in [0.5, 0.6) is 0 Å². The molecule has 0 atom stereocenters. The molecule has 4 rings (SSSR count). The van der Waals surface area contributed by atoms with E-state index in [0.29, 0.717) is 12.1 Å². The van der Waals surface area contributed by atoms with E-state index in [1.54, 1.807) is 0 Å². The zero-order chi connectivity index (χ0) is 23.4. The summed E-state index contributed by atoms with van der Waals surface area (Å²) in [5, 5.41) is 12.5. The summed E-state index contributed by atoms with van der Waals surface area (Å²) in [7, 11) is 0. The SMILES string of the molecule is CCN(CC1CCCC1)c1cc2c(cc1CNCc1cc(C#N)cc(C(F)(F)F)c1)CCC2. The number of rotatable bonds is 8. The molecular formula is C27H32F3N3. The van der Waals surface area contributed by atoms with Crippen LogP contribution in [-0.2, 0) is 32.1 Å². The lowest BCUT2D eigenvalue weighted by molar-refractivity contribution is -0.137. The predicted molar refractivity (Wildman–Crippen MR) is 125 cm³/mol. The van der Waals surface area contributed by atoms with Crippen molar-refractivity contribution in [3.63, 3.8) is 0 Å². The Morgan fingerprint density at radius 2 is 1.73 bits per heavy atom. The Morgan fingerprint density at radius 1 is 1.00 bits per heavy atom. The molecule has 0 unspecified atom stereocenters. The molecule has 2 aliphatic carbocycles. The van der Waals surface area contributed by atoms with Gasteiger partial charge >= 0.3 is 6.18 Å². The van der Waals surface area contributed by atoms with Gasteiger partial charge in [0.15, 0.2) is 0 Å². The first-order valence-electron chi connectivity index (χ1n) is 12.1. The molecule has 0 radical (unpaired) electrons. The number of anilines is 1. The Balaban J connectivity index is 1.52. The second-order valence-corrected chi connectivity index (χ2v) is 9.42. The molecule has 6 heteroatoms. The third-order valence-electron chi connectivity index (χ3n) is 7.06. The van der Waals surface area contributed by atoms with Gasteiger partial charge in [0.05, 0.1) is 17.2 Å². The van der Waals surface area contributed by atoms with E-state index in [1.807, 2.05) is 6.07 Å². The van der Waals surface area contributed by atoms with Gasteiger partial charge < -0.3 is 10.2 Å². The molecule has 2 aliphatic rings. The summed E-state index contributed by atoms with van der Waals surface area (Å²) in [5.74, 6) is 0.744. The van der Waals surface area contributed by atoms with Gasteiger partial charge in [-0.3, -0.25) is 0 Å². The summed E-state index contributed by atoms with van der Waals surface area (Å²) in [6.07, 6.45) is 4.18. The standard InChI is InChI=1S/C27H32F3N3/c1-2-33(18-19-6-3-4-7-19)26-14-23-9-5-8-22(23)13-24(26)17-32-16-21-10-20(15-31)11-25(12-21)27(28,29)30/h10-14,19,32H,2-9,16-18H2,1H3. The van der Waals surface area contributed by atoms with Gasteiger partial charge in [0.1, 0.15) is 0 Å². The molecule has 1 saturated carbocycles. The highest BCUT2D eigenvalue weighted by Crippen LogP contribution is 2.34. The zero-order valence-corrected chi connectivity index (χ0v) is 19.3. The zero-order valence-electron chi connectivity index (χ0n) is 19.3. The fraction of sp³-hybridized carbons (Fsp3) is 0.519. The van der Waals surface area contributed by atoms with Crippen LogP contribution in [0.2, 0.25) is 0 Å². The number of nitrogens with zero attached hydrogens (tertiary/aromatic N) is 2. The Morgan fingerprint density at radius 3 is 2.39 bits per heavy atom. The summed E-state index contributed by atoms with van der Waals surface area (Å²) in [6, 6.07) is 10.1. The third-order valence-corrected chi connectivity index (χ3v) is 7.06. The Labute approximate surface area is 194 Å². The van der Waals surface area contributed by atoms with Gasteiger partial charge in [0.25, 0.3) is 0 Å². The topological polar surface area (TPSA) is 39.1 Å². The monoisotopic (exact) mass is 455 g/mol. The van der Waals surface area contributed by atoms with E-state index in [9.17, 15) is 13.2 Å². The lowest BCUT2D eigenvalue weighted by Gasteiger charge is -2.29. The van der Waals surface area contributed by atoms with E-state index in [1.165, 1.54) is 60.5 Å². The maximum atomic E-state index is 13.2. The smallest absolute Gasteiger partial charge is 0.371 e. The summed E-state index contributed by atoms with van der Waals surface area (Å²) in [6.45, 7) is 5.08. The Hall–Kier alpha value is -2.52. The van der Waals surface area contributed by atoms with E-state index >= 15 is 0 Å². The van der Waals surface area contributed by atoms with Crippen molar-refractivity contribution in [3.8, 4) is 6.07 Å². The number of nitrogens with one attached hydrogen (secondary N) is 1. The average Bonchev–Trinajstić information content (AvgIpc) is 3.47. The fourth-order valence-corrected chi connectivity index (χ4v) is 5.36. The van der Waals surface area contributed by atoms with Gasteiger partial charge in [0, 0.05) is 31.9 Å². The second kappa shape index (κ2) is 10.2. The summed E-state index contributed by atoms with van der Waals surface area (Å²) in [5.41, 5.74) is 5.05. The number of nitriles is 1. The van der Waals surface area contributed by atoms with Gasteiger partial charge in [-0.1, -0.05) is 18.9 Å². The lowest BCUT2D eigenvalue weighted by atomic mass is 10.0. The van der Waals surface area contributed by atoms with Crippen LogP contribution in [0, 0.1) is 17.2 Å². The molecule has 1 N–H and O–H groups in total. The first-order chi connectivity index (χ1) is 15.9. The van der Waals surface area contributed by atoms with Gasteiger partial charge in [-0.15, -0.1) is 0 Å². The maximum absolute atomic E-state index is 13.2. The molecule has 176 valence electrons. The maximum Gasteiger partial charge on any atom is 0.416 e. The van der Waals surface area contributed by atoms with E-state index in [-0.39, 0.29) is 12.1 Å². The molecule has 2 aromatic rings. The molecule has 0 spiro atoms. The number of hydrogen-bond acceptors (Lipinski definition) is 3. The molecule has 0 bridgehead atoms. The van der Waals surface area contributed by atoms with Crippen molar-refractivity contribution in [3.05, 3.63) is 63.7 Å². The number of alkyl halides is 3. The van der Waals surface area contributed by atoms with Gasteiger partial charge in [-0.25, -0.2) is 0 Å². The molecule has 3 nitrogen and oxygen atoms in total. The highest BCUT2D eigenvalue weighted by Gasteiger charge is 2.31.